The monoisotopic (exact) mass is 289 g/mol. The van der Waals surface area contributed by atoms with E-state index in [2.05, 4.69) is 0 Å². The summed E-state index contributed by atoms with van der Waals surface area (Å²) < 4.78 is 4.83. The molecule has 0 fully saturated rings. The highest BCUT2D eigenvalue weighted by molar-refractivity contribution is 5.74. The molecule has 0 bridgehead atoms. The molecule has 0 atom stereocenters. The molecule has 0 heterocycles. The summed E-state index contributed by atoms with van der Waals surface area (Å²) in [4.78, 5) is 10.3. The molecule has 0 aliphatic heterocycles. The number of phenols is 1. The van der Waals surface area contributed by atoms with Crippen molar-refractivity contribution in [3.8, 4) is 16.9 Å². The molecule has 0 unspecified atom stereocenters. The average Bonchev–Trinajstić information content (AvgIpc) is 2.49. The maximum absolute atomic E-state index is 10.8. The third-order valence-electron chi connectivity index (χ3n) is 2.67. The number of nitro benzene ring substituents is 1. The summed E-state index contributed by atoms with van der Waals surface area (Å²) in [6.45, 7) is 5.67. The predicted molar refractivity (Wildman–Crippen MR) is 82.4 cm³/mol. The lowest BCUT2D eigenvalue weighted by atomic mass is 10.0. The van der Waals surface area contributed by atoms with Gasteiger partial charge in [0.2, 0.25) is 0 Å². The van der Waals surface area contributed by atoms with Crippen LogP contribution < -0.4 is 0 Å². The van der Waals surface area contributed by atoms with Gasteiger partial charge in [-0.15, -0.1) is 0 Å². The van der Waals surface area contributed by atoms with Crippen molar-refractivity contribution in [3.63, 3.8) is 0 Å². The number of ether oxygens (including phenoxy) is 1. The van der Waals surface area contributed by atoms with Crippen LogP contribution in [0.1, 0.15) is 13.8 Å². The maximum atomic E-state index is 10.8. The minimum absolute atomic E-state index is 0.0915. The van der Waals surface area contributed by atoms with E-state index < -0.39 is 4.92 Å². The van der Waals surface area contributed by atoms with Crippen molar-refractivity contribution in [3.05, 3.63) is 58.6 Å². The fourth-order valence-electron chi connectivity index (χ4n) is 1.74. The molecule has 5 nitrogen and oxygen atoms in total. The Hall–Kier alpha value is -2.40. The quantitative estimate of drug-likeness (QED) is 0.681. The van der Waals surface area contributed by atoms with Crippen LogP contribution in [0, 0.1) is 10.1 Å². The number of benzene rings is 2. The number of nitro groups is 1. The second kappa shape index (κ2) is 8.71. The van der Waals surface area contributed by atoms with Gasteiger partial charge in [-0.3, -0.25) is 10.1 Å². The van der Waals surface area contributed by atoms with Gasteiger partial charge in [0.05, 0.1) is 16.6 Å². The summed E-state index contributed by atoms with van der Waals surface area (Å²) >= 11 is 0. The van der Waals surface area contributed by atoms with Crippen molar-refractivity contribution in [2.45, 2.75) is 13.8 Å². The Morgan fingerprint density at radius 3 is 2.19 bits per heavy atom. The molecule has 0 saturated heterocycles. The first-order valence-electron chi connectivity index (χ1n) is 6.70. The van der Waals surface area contributed by atoms with Gasteiger partial charge in [0.25, 0.3) is 5.69 Å². The van der Waals surface area contributed by atoms with E-state index >= 15 is 0 Å². The molecule has 21 heavy (non-hydrogen) atoms. The number of phenolic OH excluding ortho intramolecular Hbond substituents is 1. The normalized spacial score (nSPS) is 9.62. The molecular formula is C16H19NO4. The van der Waals surface area contributed by atoms with Crippen LogP contribution in [0.2, 0.25) is 0 Å². The van der Waals surface area contributed by atoms with Crippen molar-refractivity contribution < 1.29 is 14.8 Å². The Kier molecular flexibility index (Phi) is 6.91. The zero-order chi connectivity index (χ0) is 15.7. The van der Waals surface area contributed by atoms with Crippen molar-refractivity contribution in [1.29, 1.82) is 0 Å². The first kappa shape index (κ1) is 16.7. The zero-order valence-electron chi connectivity index (χ0n) is 12.2. The van der Waals surface area contributed by atoms with Gasteiger partial charge in [-0.05, 0) is 31.5 Å². The molecule has 0 aliphatic carbocycles. The Bertz CT molecular complexity index is 568. The fraction of sp³-hybridized carbons (Fsp3) is 0.250. The highest BCUT2D eigenvalue weighted by Crippen LogP contribution is 2.32. The SMILES string of the molecule is CCOCC.O=[N+]([O-])c1cc(O)ccc1-c1ccccc1. The van der Waals surface area contributed by atoms with Crippen LogP contribution in [0.5, 0.6) is 5.75 Å². The number of hydrogen-bond donors (Lipinski definition) is 1. The van der Waals surface area contributed by atoms with E-state index in [9.17, 15) is 15.2 Å². The minimum atomic E-state index is -0.498. The minimum Gasteiger partial charge on any atom is -0.508 e. The third kappa shape index (κ3) is 5.24. The van der Waals surface area contributed by atoms with Gasteiger partial charge in [-0.2, -0.15) is 0 Å². The van der Waals surface area contributed by atoms with Crippen LogP contribution in [-0.4, -0.2) is 23.2 Å². The number of nitrogens with zero attached hydrogens (tertiary/aromatic N) is 1. The van der Waals surface area contributed by atoms with Crippen LogP contribution in [-0.2, 0) is 4.74 Å². The van der Waals surface area contributed by atoms with Crippen LogP contribution in [0.15, 0.2) is 48.5 Å². The zero-order valence-corrected chi connectivity index (χ0v) is 12.2. The van der Waals surface area contributed by atoms with Gasteiger partial charge in [-0.1, -0.05) is 30.3 Å². The highest BCUT2D eigenvalue weighted by atomic mass is 16.6. The molecule has 2 rings (SSSR count). The molecule has 0 spiro atoms. The van der Waals surface area contributed by atoms with Crippen LogP contribution >= 0.6 is 0 Å². The van der Waals surface area contributed by atoms with E-state index in [0.717, 1.165) is 24.8 Å². The second-order valence-electron chi connectivity index (χ2n) is 4.11. The lowest BCUT2D eigenvalue weighted by molar-refractivity contribution is -0.384. The molecule has 112 valence electrons. The first-order valence-corrected chi connectivity index (χ1v) is 6.70. The Labute approximate surface area is 124 Å². The van der Waals surface area contributed by atoms with Gasteiger partial charge in [0.1, 0.15) is 5.75 Å². The van der Waals surface area contributed by atoms with E-state index in [1.165, 1.54) is 6.07 Å². The highest BCUT2D eigenvalue weighted by Gasteiger charge is 2.15. The summed E-state index contributed by atoms with van der Waals surface area (Å²) in [6.07, 6.45) is 0. The Morgan fingerprint density at radius 2 is 1.71 bits per heavy atom. The van der Waals surface area contributed by atoms with Crippen molar-refractivity contribution in [1.82, 2.24) is 0 Å². The third-order valence-corrected chi connectivity index (χ3v) is 2.67. The fourth-order valence-corrected chi connectivity index (χ4v) is 1.74. The van der Waals surface area contributed by atoms with E-state index in [4.69, 9.17) is 4.74 Å². The van der Waals surface area contributed by atoms with Crippen molar-refractivity contribution in [2.24, 2.45) is 0 Å². The van der Waals surface area contributed by atoms with Gasteiger partial charge >= 0.3 is 0 Å². The molecule has 0 radical (unpaired) electrons. The van der Waals surface area contributed by atoms with Crippen molar-refractivity contribution in [2.75, 3.05) is 13.2 Å². The van der Waals surface area contributed by atoms with E-state index in [-0.39, 0.29) is 11.4 Å². The van der Waals surface area contributed by atoms with Gasteiger partial charge < -0.3 is 9.84 Å². The molecular weight excluding hydrogens is 270 g/mol. The molecule has 0 saturated carbocycles. The topological polar surface area (TPSA) is 72.6 Å². The molecule has 2 aromatic rings. The van der Waals surface area contributed by atoms with E-state index in [1.807, 2.05) is 32.0 Å². The number of aromatic hydroxyl groups is 1. The summed E-state index contributed by atoms with van der Waals surface area (Å²) in [7, 11) is 0. The van der Waals surface area contributed by atoms with Gasteiger partial charge in [0, 0.05) is 13.2 Å². The van der Waals surface area contributed by atoms with E-state index in [1.54, 1.807) is 18.2 Å². The molecule has 0 amide bonds. The molecule has 5 heteroatoms. The van der Waals surface area contributed by atoms with Crippen LogP contribution in [0.3, 0.4) is 0 Å². The largest absolute Gasteiger partial charge is 0.508 e. The lowest BCUT2D eigenvalue weighted by Gasteiger charge is -2.03. The predicted octanol–water partition coefficient (Wildman–Crippen LogP) is 4.01. The van der Waals surface area contributed by atoms with E-state index in [0.29, 0.717) is 5.56 Å². The maximum Gasteiger partial charge on any atom is 0.280 e. The molecule has 0 aliphatic rings. The van der Waals surface area contributed by atoms with Crippen LogP contribution in [0.25, 0.3) is 11.1 Å². The smallest absolute Gasteiger partial charge is 0.280 e. The van der Waals surface area contributed by atoms with Gasteiger partial charge in [-0.25, -0.2) is 0 Å². The van der Waals surface area contributed by atoms with Crippen molar-refractivity contribution >= 4 is 5.69 Å². The van der Waals surface area contributed by atoms with Gasteiger partial charge in [0.15, 0.2) is 0 Å². The lowest BCUT2D eigenvalue weighted by Crippen LogP contribution is -1.91. The molecule has 0 aromatic heterocycles. The standard InChI is InChI=1S/C12H9NO3.C4H10O/c14-10-6-7-11(12(8-10)13(15)16)9-4-2-1-3-5-9;1-3-5-4-2/h1-8,14H;3-4H2,1-2H3. The first-order chi connectivity index (χ1) is 10.1. The molecule has 2 aromatic carbocycles. The summed E-state index contributed by atoms with van der Waals surface area (Å²) in [5, 5.41) is 20.1. The average molecular weight is 289 g/mol. The number of rotatable bonds is 4. The van der Waals surface area contributed by atoms with Crippen LogP contribution in [0.4, 0.5) is 5.69 Å². The Balaban J connectivity index is 0.000000383. The second-order valence-corrected chi connectivity index (χ2v) is 4.11. The summed E-state index contributed by atoms with van der Waals surface area (Å²) in [6, 6.07) is 13.2. The summed E-state index contributed by atoms with van der Waals surface area (Å²) in [5.41, 5.74) is 1.17. The molecule has 1 N–H and O–H groups in total. The number of hydrogen-bond acceptors (Lipinski definition) is 4. The Morgan fingerprint density at radius 1 is 1.10 bits per heavy atom. The summed E-state index contributed by atoms with van der Waals surface area (Å²) in [5.74, 6) is -0.105.